The standard InChI is InChI=1S/C15H23FN2O/c1-18(11-12-6-7-12)15-13(4-3-5-14(15)16)10-17-8-9-19-2/h3-5,12,17H,6-11H2,1-2H3. The first-order chi connectivity index (χ1) is 9.22. The molecule has 3 nitrogen and oxygen atoms in total. The Kier molecular flexibility index (Phi) is 5.16. The lowest BCUT2D eigenvalue weighted by Gasteiger charge is -2.23. The van der Waals surface area contributed by atoms with E-state index in [1.165, 1.54) is 18.9 Å². The summed E-state index contributed by atoms with van der Waals surface area (Å²) in [6.07, 6.45) is 2.56. The Morgan fingerprint density at radius 1 is 1.42 bits per heavy atom. The fourth-order valence-corrected chi connectivity index (χ4v) is 2.31. The van der Waals surface area contributed by atoms with E-state index in [1.807, 2.05) is 13.1 Å². The zero-order valence-corrected chi connectivity index (χ0v) is 11.8. The number of nitrogens with zero attached hydrogens (tertiary/aromatic N) is 1. The van der Waals surface area contributed by atoms with Crippen molar-refractivity contribution >= 4 is 5.69 Å². The zero-order chi connectivity index (χ0) is 13.7. The molecular formula is C15H23FN2O. The number of benzene rings is 1. The van der Waals surface area contributed by atoms with E-state index in [0.29, 0.717) is 13.2 Å². The summed E-state index contributed by atoms with van der Waals surface area (Å²) in [7, 11) is 3.66. The summed E-state index contributed by atoms with van der Waals surface area (Å²) < 4.78 is 19.0. The molecule has 1 aliphatic carbocycles. The summed E-state index contributed by atoms with van der Waals surface area (Å²) in [5.74, 6) is 0.619. The summed E-state index contributed by atoms with van der Waals surface area (Å²) in [5.41, 5.74) is 1.75. The molecule has 1 fully saturated rings. The van der Waals surface area contributed by atoms with Gasteiger partial charge in [0, 0.05) is 33.8 Å². The highest BCUT2D eigenvalue weighted by molar-refractivity contribution is 5.54. The van der Waals surface area contributed by atoms with Gasteiger partial charge in [0.25, 0.3) is 0 Å². The van der Waals surface area contributed by atoms with Crippen molar-refractivity contribution in [2.24, 2.45) is 5.92 Å². The highest BCUT2D eigenvalue weighted by Crippen LogP contribution is 2.32. The first kappa shape index (κ1) is 14.3. The van der Waals surface area contributed by atoms with Crippen LogP contribution < -0.4 is 10.2 Å². The quantitative estimate of drug-likeness (QED) is 0.731. The van der Waals surface area contributed by atoms with E-state index in [1.54, 1.807) is 13.2 Å². The van der Waals surface area contributed by atoms with Gasteiger partial charge >= 0.3 is 0 Å². The summed E-state index contributed by atoms with van der Waals surface area (Å²) in [6, 6.07) is 5.30. The van der Waals surface area contributed by atoms with Crippen LogP contribution in [0.4, 0.5) is 10.1 Å². The molecule has 2 rings (SSSR count). The Morgan fingerprint density at radius 2 is 2.21 bits per heavy atom. The van der Waals surface area contributed by atoms with Crippen LogP contribution in [0.15, 0.2) is 18.2 Å². The molecule has 19 heavy (non-hydrogen) atoms. The number of hydrogen-bond donors (Lipinski definition) is 1. The SMILES string of the molecule is COCCNCc1cccc(F)c1N(C)CC1CC1. The summed E-state index contributed by atoms with van der Waals surface area (Å²) in [5, 5.41) is 3.28. The van der Waals surface area contributed by atoms with Crippen LogP contribution in [0.5, 0.6) is 0 Å². The van der Waals surface area contributed by atoms with Gasteiger partial charge in [-0.15, -0.1) is 0 Å². The van der Waals surface area contributed by atoms with E-state index < -0.39 is 0 Å². The Labute approximate surface area is 114 Å². The van der Waals surface area contributed by atoms with Crippen molar-refractivity contribution in [2.75, 3.05) is 38.8 Å². The second-order valence-corrected chi connectivity index (χ2v) is 5.24. The molecule has 0 radical (unpaired) electrons. The first-order valence-electron chi connectivity index (χ1n) is 6.90. The Balaban J connectivity index is 2.01. The second kappa shape index (κ2) is 6.87. The van der Waals surface area contributed by atoms with E-state index in [-0.39, 0.29) is 5.82 Å². The predicted octanol–water partition coefficient (Wildman–Crippen LogP) is 2.41. The van der Waals surface area contributed by atoms with Crippen molar-refractivity contribution in [1.29, 1.82) is 0 Å². The topological polar surface area (TPSA) is 24.5 Å². The van der Waals surface area contributed by atoms with Crippen molar-refractivity contribution in [3.05, 3.63) is 29.6 Å². The third-order valence-corrected chi connectivity index (χ3v) is 3.48. The molecule has 0 saturated heterocycles. The van der Waals surface area contributed by atoms with Gasteiger partial charge in [-0.05, 0) is 30.4 Å². The van der Waals surface area contributed by atoms with Crippen LogP contribution in [0, 0.1) is 11.7 Å². The zero-order valence-electron chi connectivity index (χ0n) is 11.8. The number of rotatable bonds is 8. The molecule has 0 spiro atoms. The van der Waals surface area contributed by atoms with Crippen LogP contribution in [0.2, 0.25) is 0 Å². The molecule has 1 N–H and O–H groups in total. The molecule has 106 valence electrons. The van der Waals surface area contributed by atoms with E-state index >= 15 is 0 Å². The molecule has 0 aromatic heterocycles. The number of para-hydroxylation sites is 1. The fraction of sp³-hybridized carbons (Fsp3) is 0.600. The average molecular weight is 266 g/mol. The summed E-state index contributed by atoms with van der Waals surface area (Å²) >= 11 is 0. The molecule has 0 aliphatic heterocycles. The van der Waals surface area contributed by atoms with Crippen LogP contribution in [0.1, 0.15) is 18.4 Å². The van der Waals surface area contributed by atoms with Gasteiger partial charge < -0.3 is 15.0 Å². The van der Waals surface area contributed by atoms with Gasteiger partial charge in [-0.1, -0.05) is 12.1 Å². The molecule has 1 aromatic rings. The van der Waals surface area contributed by atoms with Crippen molar-refractivity contribution in [1.82, 2.24) is 5.32 Å². The number of anilines is 1. The second-order valence-electron chi connectivity index (χ2n) is 5.24. The molecule has 4 heteroatoms. The predicted molar refractivity (Wildman–Crippen MR) is 76.0 cm³/mol. The van der Waals surface area contributed by atoms with E-state index in [9.17, 15) is 4.39 Å². The third kappa shape index (κ3) is 4.18. The largest absolute Gasteiger partial charge is 0.383 e. The molecule has 0 unspecified atom stereocenters. The molecule has 1 aliphatic rings. The highest BCUT2D eigenvalue weighted by Gasteiger charge is 2.24. The molecule has 0 atom stereocenters. The van der Waals surface area contributed by atoms with E-state index in [0.717, 1.165) is 30.3 Å². The summed E-state index contributed by atoms with van der Waals surface area (Å²) in [4.78, 5) is 2.06. The third-order valence-electron chi connectivity index (χ3n) is 3.48. The van der Waals surface area contributed by atoms with Gasteiger partial charge in [-0.3, -0.25) is 0 Å². The lowest BCUT2D eigenvalue weighted by atomic mass is 10.1. The number of halogens is 1. The van der Waals surface area contributed by atoms with Crippen LogP contribution in [0.25, 0.3) is 0 Å². The van der Waals surface area contributed by atoms with Gasteiger partial charge in [-0.2, -0.15) is 0 Å². The Bertz CT molecular complexity index is 407. The lowest BCUT2D eigenvalue weighted by Crippen LogP contribution is -2.25. The van der Waals surface area contributed by atoms with Crippen LogP contribution in [-0.4, -0.2) is 33.9 Å². The van der Waals surface area contributed by atoms with Gasteiger partial charge in [0.05, 0.1) is 12.3 Å². The number of methoxy groups -OCH3 is 1. The van der Waals surface area contributed by atoms with Crippen LogP contribution in [0.3, 0.4) is 0 Å². The molecule has 0 bridgehead atoms. The van der Waals surface area contributed by atoms with Crippen molar-refractivity contribution in [2.45, 2.75) is 19.4 Å². The van der Waals surface area contributed by atoms with Gasteiger partial charge in [0.1, 0.15) is 5.82 Å². The monoisotopic (exact) mass is 266 g/mol. The molecule has 1 saturated carbocycles. The normalized spacial score (nSPS) is 14.7. The molecule has 0 heterocycles. The minimum absolute atomic E-state index is 0.130. The van der Waals surface area contributed by atoms with Crippen LogP contribution >= 0.6 is 0 Å². The van der Waals surface area contributed by atoms with Crippen LogP contribution in [-0.2, 0) is 11.3 Å². The maximum atomic E-state index is 14.1. The van der Waals surface area contributed by atoms with E-state index in [2.05, 4.69) is 10.2 Å². The van der Waals surface area contributed by atoms with Crippen molar-refractivity contribution in [3.8, 4) is 0 Å². The lowest BCUT2D eigenvalue weighted by molar-refractivity contribution is 0.199. The minimum Gasteiger partial charge on any atom is -0.383 e. The van der Waals surface area contributed by atoms with Gasteiger partial charge in [0.2, 0.25) is 0 Å². The molecule has 0 amide bonds. The number of nitrogens with one attached hydrogen (secondary N) is 1. The average Bonchev–Trinajstić information content (AvgIpc) is 3.18. The molecular weight excluding hydrogens is 243 g/mol. The highest BCUT2D eigenvalue weighted by atomic mass is 19.1. The number of ether oxygens (including phenoxy) is 1. The van der Waals surface area contributed by atoms with Crippen molar-refractivity contribution in [3.63, 3.8) is 0 Å². The first-order valence-corrected chi connectivity index (χ1v) is 6.90. The van der Waals surface area contributed by atoms with Crippen molar-refractivity contribution < 1.29 is 9.13 Å². The maximum Gasteiger partial charge on any atom is 0.146 e. The smallest absolute Gasteiger partial charge is 0.146 e. The van der Waals surface area contributed by atoms with Gasteiger partial charge in [0.15, 0.2) is 0 Å². The molecule has 1 aromatic carbocycles. The van der Waals surface area contributed by atoms with E-state index in [4.69, 9.17) is 4.74 Å². The summed E-state index contributed by atoms with van der Waals surface area (Å²) in [6.45, 7) is 3.07. The Morgan fingerprint density at radius 3 is 2.89 bits per heavy atom. The number of hydrogen-bond acceptors (Lipinski definition) is 3. The maximum absolute atomic E-state index is 14.1. The minimum atomic E-state index is -0.130. The van der Waals surface area contributed by atoms with Gasteiger partial charge in [-0.25, -0.2) is 4.39 Å². The fourth-order valence-electron chi connectivity index (χ4n) is 2.31. The Hall–Kier alpha value is -1.13.